The van der Waals surface area contributed by atoms with E-state index in [1.807, 2.05) is 36.0 Å². The summed E-state index contributed by atoms with van der Waals surface area (Å²) in [5.74, 6) is 5.15. The Morgan fingerprint density at radius 2 is 1.84 bits per heavy atom. The van der Waals surface area contributed by atoms with Gasteiger partial charge in [-0.3, -0.25) is 14.6 Å². The van der Waals surface area contributed by atoms with Crippen LogP contribution >= 0.6 is 11.6 Å². The molecule has 1 fully saturated rings. The molecule has 240 valence electrons. The molecule has 2 unspecified atom stereocenters. The summed E-state index contributed by atoms with van der Waals surface area (Å²) in [5.41, 5.74) is 7.08. The average Bonchev–Trinajstić information content (AvgIpc) is 3.14. The Morgan fingerprint density at radius 3 is 2.36 bits per heavy atom. The van der Waals surface area contributed by atoms with Crippen LogP contribution in [0.4, 0.5) is 4.39 Å². The van der Waals surface area contributed by atoms with Crippen LogP contribution in [-0.2, 0) is 20.8 Å². The van der Waals surface area contributed by atoms with Gasteiger partial charge in [0, 0.05) is 17.6 Å². The van der Waals surface area contributed by atoms with Gasteiger partial charge in [-0.15, -0.1) is 11.6 Å². The molecule has 0 aromatic heterocycles. The number of rotatable bonds is 9. The molecule has 2 aliphatic carbocycles. The Balaban J connectivity index is 0.00000162. The predicted molar refractivity (Wildman–Crippen MR) is 175 cm³/mol. The number of alkyl halides is 2. The predicted octanol–water partition coefficient (Wildman–Crippen LogP) is 6.60. The summed E-state index contributed by atoms with van der Waals surface area (Å²) in [6.07, 6.45) is 8.94. The lowest BCUT2D eigenvalue weighted by molar-refractivity contribution is -0.137. The standard InChI is InChI=1S/C33H40ClFN2O3.CH5N.CH2O/c1-5-6-28(24-11-7-22(8-12-24)10-14-29(38)39)37-31(40)30(25-19-23(21-35)9-13-27(34)20-25)36-33(37)17-15-26(16-18-33)32(2,3)4;2*1-2/h7-8,11-12,19-20,26-28H,5-6,10,14-18,21H2,1-4H3,(H,38,39);2H2,1H3;1H2. The van der Waals surface area contributed by atoms with Crippen molar-refractivity contribution in [2.45, 2.75) is 96.1 Å². The smallest absolute Gasteiger partial charge is 0.303 e. The van der Waals surface area contributed by atoms with Gasteiger partial charge in [0.2, 0.25) is 0 Å². The third-order valence-corrected chi connectivity index (χ3v) is 8.75. The van der Waals surface area contributed by atoms with Gasteiger partial charge in [0.25, 0.3) is 5.91 Å². The van der Waals surface area contributed by atoms with Gasteiger partial charge >= 0.3 is 5.97 Å². The molecule has 2 atom stereocenters. The Bertz CT molecular complexity index is 1300. The highest BCUT2D eigenvalue weighted by atomic mass is 35.5. The molecule has 3 N–H and O–H groups in total. The maximum atomic E-state index is 14.4. The number of allylic oxidation sites excluding steroid dienone is 3. The van der Waals surface area contributed by atoms with E-state index in [1.54, 1.807) is 12.2 Å². The van der Waals surface area contributed by atoms with Crippen molar-refractivity contribution >= 4 is 36.0 Å². The number of nitrogens with zero attached hydrogens (tertiary/aromatic N) is 2. The van der Waals surface area contributed by atoms with Crippen molar-refractivity contribution in [3.05, 3.63) is 58.7 Å². The van der Waals surface area contributed by atoms with Gasteiger partial charge < -0.3 is 20.5 Å². The number of aliphatic carboxylic acids is 1. The second-order valence-electron chi connectivity index (χ2n) is 12.3. The number of aryl methyl sites for hydroxylation is 1. The molecular formula is C35H47ClFN3O4. The van der Waals surface area contributed by atoms with Gasteiger partial charge in [-0.1, -0.05) is 70.2 Å². The largest absolute Gasteiger partial charge is 0.481 e. The molecule has 0 bridgehead atoms. The number of halogens is 2. The first kappa shape index (κ1) is 36.9. The van der Waals surface area contributed by atoms with E-state index in [0.29, 0.717) is 23.6 Å². The second kappa shape index (κ2) is 16.7. The van der Waals surface area contributed by atoms with Gasteiger partial charge in [0.1, 0.15) is 30.2 Å². The van der Waals surface area contributed by atoms with Crippen LogP contribution in [0.3, 0.4) is 0 Å². The normalized spacial score (nSPS) is 23.4. The van der Waals surface area contributed by atoms with Crippen molar-refractivity contribution in [2.24, 2.45) is 22.1 Å². The van der Waals surface area contributed by atoms with Gasteiger partial charge in [0.15, 0.2) is 0 Å². The number of amides is 1. The highest BCUT2D eigenvalue weighted by Crippen LogP contribution is 2.50. The maximum absolute atomic E-state index is 14.4. The zero-order valence-electron chi connectivity index (χ0n) is 26.7. The third kappa shape index (κ3) is 8.89. The third-order valence-electron chi connectivity index (χ3n) is 8.51. The lowest BCUT2D eigenvalue weighted by Crippen LogP contribution is -2.51. The fourth-order valence-electron chi connectivity index (χ4n) is 6.26. The molecule has 7 nitrogen and oxygen atoms in total. The minimum atomic E-state index is -0.824. The fourth-order valence-corrected chi connectivity index (χ4v) is 6.45. The number of nitrogens with two attached hydrogens (primary N) is 1. The maximum Gasteiger partial charge on any atom is 0.303 e. The first-order valence-corrected chi connectivity index (χ1v) is 15.7. The van der Waals surface area contributed by atoms with Crippen LogP contribution in [0.1, 0.15) is 89.8 Å². The number of carboxylic acids is 1. The highest BCUT2D eigenvalue weighted by Gasteiger charge is 2.52. The summed E-state index contributed by atoms with van der Waals surface area (Å²) < 4.78 is 13.7. The quantitative estimate of drug-likeness (QED) is 0.237. The molecule has 1 aromatic rings. The molecular weight excluding hydrogens is 581 g/mol. The van der Waals surface area contributed by atoms with E-state index >= 15 is 0 Å². The van der Waals surface area contributed by atoms with Crippen LogP contribution in [-0.4, -0.2) is 59.1 Å². The van der Waals surface area contributed by atoms with Crippen LogP contribution in [0.25, 0.3) is 0 Å². The molecule has 1 amide bonds. The summed E-state index contributed by atoms with van der Waals surface area (Å²) in [6.45, 7) is 10.2. The molecule has 9 heteroatoms. The fraction of sp³-hybridized carbons (Fsp3) is 0.543. The van der Waals surface area contributed by atoms with Gasteiger partial charge in [-0.05, 0) is 80.2 Å². The molecule has 1 heterocycles. The molecule has 1 aliphatic heterocycles. The topological polar surface area (TPSA) is 113 Å². The minimum Gasteiger partial charge on any atom is -0.481 e. The molecule has 1 aromatic carbocycles. The zero-order chi connectivity index (χ0) is 33.1. The van der Waals surface area contributed by atoms with Crippen molar-refractivity contribution in [1.82, 2.24) is 4.90 Å². The van der Waals surface area contributed by atoms with E-state index in [-0.39, 0.29) is 29.4 Å². The zero-order valence-corrected chi connectivity index (χ0v) is 27.4. The molecule has 0 radical (unpaired) electrons. The average molecular weight is 628 g/mol. The van der Waals surface area contributed by atoms with Crippen molar-refractivity contribution in [2.75, 3.05) is 13.7 Å². The lowest BCUT2D eigenvalue weighted by Gasteiger charge is -2.47. The SMILES string of the molecule is C=O.CCCC(c1ccc(CCC(=O)O)cc1)N1C(=O)C(C2=CC(Cl)C#CC(CF)=C2)=NC12CCC(C(C)(C)C)CC2.CN. The summed E-state index contributed by atoms with van der Waals surface area (Å²) in [6, 6.07) is 7.77. The Hall–Kier alpha value is -3.28. The Morgan fingerprint density at radius 1 is 1.23 bits per heavy atom. The van der Waals surface area contributed by atoms with Crippen molar-refractivity contribution < 1.29 is 23.9 Å². The van der Waals surface area contributed by atoms with E-state index in [2.05, 4.69) is 45.3 Å². The molecule has 4 rings (SSSR count). The van der Waals surface area contributed by atoms with Crippen LogP contribution in [0.2, 0.25) is 0 Å². The van der Waals surface area contributed by atoms with Crippen LogP contribution in [0.15, 0.2) is 52.6 Å². The summed E-state index contributed by atoms with van der Waals surface area (Å²) in [7, 11) is 1.50. The van der Waals surface area contributed by atoms with Crippen molar-refractivity contribution in [3.8, 4) is 11.8 Å². The number of benzene rings is 1. The number of carbonyl (C=O) groups excluding carboxylic acids is 2. The molecule has 0 saturated heterocycles. The van der Waals surface area contributed by atoms with E-state index in [0.717, 1.165) is 49.7 Å². The second-order valence-corrected chi connectivity index (χ2v) is 12.8. The van der Waals surface area contributed by atoms with Crippen molar-refractivity contribution in [1.29, 1.82) is 0 Å². The van der Waals surface area contributed by atoms with E-state index in [4.69, 9.17) is 26.5 Å². The van der Waals surface area contributed by atoms with Crippen LogP contribution in [0.5, 0.6) is 0 Å². The summed E-state index contributed by atoms with van der Waals surface area (Å²) in [5, 5.41) is 8.42. The first-order valence-electron chi connectivity index (χ1n) is 15.2. The van der Waals surface area contributed by atoms with E-state index in [9.17, 15) is 14.0 Å². The first-order chi connectivity index (χ1) is 21.0. The minimum absolute atomic E-state index is 0.0758. The molecule has 1 saturated carbocycles. The lowest BCUT2D eigenvalue weighted by atomic mass is 9.69. The number of hydrogen-bond donors (Lipinski definition) is 2. The number of hydrogen-bond acceptors (Lipinski definition) is 5. The molecule has 3 aliphatic rings. The van der Waals surface area contributed by atoms with E-state index in [1.165, 1.54) is 7.05 Å². The van der Waals surface area contributed by atoms with Gasteiger partial charge in [-0.2, -0.15) is 0 Å². The van der Waals surface area contributed by atoms with Crippen molar-refractivity contribution in [3.63, 3.8) is 0 Å². The number of carboxylic acid groups (broad SMARTS) is 1. The van der Waals surface area contributed by atoms with E-state index < -0.39 is 23.7 Å². The Labute approximate surface area is 266 Å². The Kier molecular flexibility index (Phi) is 14.0. The van der Waals surface area contributed by atoms with Crippen LogP contribution < -0.4 is 5.73 Å². The molecule has 44 heavy (non-hydrogen) atoms. The number of aliphatic imine (C=N–C) groups is 1. The summed E-state index contributed by atoms with van der Waals surface area (Å²) in [4.78, 5) is 40.6. The number of carbonyl (C=O) groups is 3. The van der Waals surface area contributed by atoms with Gasteiger partial charge in [0.05, 0.1) is 6.04 Å². The highest BCUT2D eigenvalue weighted by molar-refractivity contribution is 6.47. The monoisotopic (exact) mass is 627 g/mol. The van der Waals surface area contributed by atoms with Crippen LogP contribution in [0, 0.1) is 23.2 Å². The molecule has 1 spiro atoms. The summed E-state index contributed by atoms with van der Waals surface area (Å²) >= 11 is 6.39. The van der Waals surface area contributed by atoms with Gasteiger partial charge in [-0.25, -0.2) is 4.39 Å².